The molecule has 2 N–H and O–H groups in total. The Balaban J connectivity index is 0. The maximum absolute atomic E-state index is 12.1. The van der Waals surface area contributed by atoms with E-state index < -0.39 is 10.4 Å². The minimum absolute atomic E-state index is 0.0914. The normalized spacial score (nSPS) is 12.9. The number of quaternary nitrogens is 1. The van der Waals surface area contributed by atoms with Gasteiger partial charge in [0, 0.05) is 6.42 Å². The van der Waals surface area contributed by atoms with Crippen LogP contribution in [0.25, 0.3) is 0 Å². The van der Waals surface area contributed by atoms with Gasteiger partial charge in [-0.3, -0.25) is 8.98 Å². The number of amides is 1. The first-order chi connectivity index (χ1) is 18.7. The van der Waals surface area contributed by atoms with E-state index in [0.29, 0.717) is 30.4 Å². The first kappa shape index (κ1) is 39.6. The molecular weight excluding hydrogens is 518 g/mol. The summed E-state index contributed by atoms with van der Waals surface area (Å²) in [7, 11) is -4.42. The number of carbonyl (C=O) groups is 1. The van der Waals surface area contributed by atoms with Crippen LogP contribution in [0.2, 0.25) is 0 Å². The van der Waals surface area contributed by atoms with E-state index in [0.717, 1.165) is 32.5 Å². The molecule has 0 heterocycles. The van der Waals surface area contributed by atoms with Gasteiger partial charge in [-0.25, -0.2) is 8.42 Å². The summed E-state index contributed by atoms with van der Waals surface area (Å²) >= 11 is 0. The maximum Gasteiger partial charge on any atom is 0.220 e. The molecule has 0 rings (SSSR count). The van der Waals surface area contributed by atoms with Crippen LogP contribution in [0.5, 0.6) is 0 Å². The number of nitriles is 1. The average Bonchev–Trinajstić information content (AvgIpc) is 2.89. The third-order valence-corrected chi connectivity index (χ3v) is 7.30. The topological polar surface area (TPSA) is 140 Å². The summed E-state index contributed by atoms with van der Waals surface area (Å²) in [6, 6.07) is 2.20. The van der Waals surface area contributed by atoms with Crippen molar-refractivity contribution in [2.75, 3.05) is 45.9 Å². The highest BCUT2D eigenvalue weighted by molar-refractivity contribution is 7.80. The molecule has 0 aliphatic rings. The predicted molar refractivity (Wildman–Crippen MR) is 157 cm³/mol. The molecule has 0 aromatic rings. The van der Waals surface area contributed by atoms with E-state index in [1.807, 2.05) is 0 Å². The molecule has 1 atom stereocenters. The van der Waals surface area contributed by atoms with E-state index in [9.17, 15) is 22.9 Å². The average molecular weight is 576 g/mol. The summed E-state index contributed by atoms with van der Waals surface area (Å²) in [5, 5.41) is 21.3. The number of unbranched alkanes of at least 4 members (excludes halogenated alkanes) is 11. The molecule has 0 radical (unpaired) electrons. The Morgan fingerprint density at radius 2 is 1.49 bits per heavy atom. The number of aliphatic hydroxyl groups excluding tert-OH is 1. The standard InChI is InChI=1S/C27H51N3O2.C2H6O4S/c1-3-5-6-7-8-9-10-11-12-13-14-15-16-17-18-20-27(32)29-22-24-30(4-2,25-26-31)23-19-21-28;1-2-6-7(3,4)5/h11-12,31H,3-10,13-20,22-26H2,1-2H3;2H2,1H3,(H,3,4,5). The second-order valence-electron chi connectivity index (χ2n) is 9.96. The Bertz CT molecular complexity index is 740. The van der Waals surface area contributed by atoms with Crippen LogP contribution in [0.4, 0.5) is 0 Å². The van der Waals surface area contributed by atoms with Crippen molar-refractivity contribution in [1.29, 1.82) is 5.26 Å². The summed E-state index contributed by atoms with van der Waals surface area (Å²) in [5.41, 5.74) is 0. The highest BCUT2D eigenvalue weighted by atomic mass is 32.3. The highest BCUT2D eigenvalue weighted by Crippen LogP contribution is 2.10. The number of carbonyl (C=O) groups excluding carboxylic acids is 1. The van der Waals surface area contributed by atoms with E-state index in [2.05, 4.69) is 41.6 Å². The molecule has 0 spiro atoms. The van der Waals surface area contributed by atoms with Crippen LogP contribution in [-0.4, -0.2) is 74.4 Å². The van der Waals surface area contributed by atoms with Crippen LogP contribution in [0.15, 0.2) is 12.2 Å². The van der Waals surface area contributed by atoms with Gasteiger partial charge in [-0.05, 0) is 46.0 Å². The summed E-state index contributed by atoms with van der Waals surface area (Å²) < 4.78 is 32.7. The minimum atomic E-state index is -4.42. The lowest BCUT2D eigenvalue weighted by molar-refractivity contribution is -0.925. The van der Waals surface area contributed by atoms with Crippen molar-refractivity contribution in [3.05, 3.63) is 12.2 Å². The second kappa shape index (κ2) is 28.0. The molecule has 0 bridgehead atoms. The third-order valence-electron chi connectivity index (χ3n) is 6.78. The van der Waals surface area contributed by atoms with Crippen molar-refractivity contribution < 1.29 is 31.5 Å². The first-order valence-corrected chi connectivity index (χ1v) is 16.4. The number of rotatable bonds is 25. The van der Waals surface area contributed by atoms with Gasteiger partial charge in [0.25, 0.3) is 0 Å². The lowest BCUT2D eigenvalue weighted by Gasteiger charge is -2.36. The number of nitrogens with one attached hydrogen (secondary N) is 1. The SMILES string of the molecule is CCCCCCCCC=CCCCCCCCC(=O)NCC[N+](CC)(CCO)CCC#N.CCOS(=O)(=O)[O-]. The monoisotopic (exact) mass is 575 g/mol. The molecular formula is C29H57N3O6S. The smallest absolute Gasteiger partial charge is 0.220 e. The van der Waals surface area contributed by atoms with Crippen LogP contribution in [0, 0.1) is 11.3 Å². The quantitative estimate of drug-likeness (QED) is 0.0490. The summed E-state index contributed by atoms with van der Waals surface area (Å²) in [6.07, 6.45) is 22.2. The molecule has 10 heteroatoms. The van der Waals surface area contributed by atoms with Gasteiger partial charge in [0.2, 0.25) is 16.3 Å². The van der Waals surface area contributed by atoms with Gasteiger partial charge in [-0.1, -0.05) is 70.4 Å². The van der Waals surface area contributed by atoms with E-state index >= 15 is 0 Å². The molecule has 0 saturated heterocycles. The molecule has 0 fully saturated rings. The second-order valence-corrected chi connectivity index (χ2v) is 11.0. The lowest BCUT2D eigenvalue weighted by Crippen LogP contribution is -2.53. The Morgan fingerprint density at radius 1 is 0.923 bits per heavy atom. The van der Waals surface area contributed by atoms with Gasteiger partial charge in [0.05, 0.1) is 51.9 Å². The van der Waals surface area contributed by atoms with Crippen molar-refractivity contribution in [3.63, 3.8) is 0 Å². The Labute approximate surface area is 239 Å². The lowest BCUT2D eigenvalue weighted by atomic mass is 10.1. The number of hydrogen-bond acceptors (Lipinski definition) is 7. The number of aliphatic hydroxyl groups is 1. The van der Waals surface area contributed by atoms with Gasteiger partial charge in [0.1, 0.15) is 6.54 Å². The summed E-state index contributed by atoms with van der Waals surface area (Å²) in [5.74, 6) is 0.126. The van der Waals surface area contributed by atoms with E-state index in [1.54, 1.807) is 0 Å². The number of hydrogen-bond donors (Lipinski definition) is 2. The fourth-order valence-electron chi connectivity index (χ4n) is 4.33. The molecule has 9 nitrogen and oxygen atoms in total. The van der Waals surface area contributed by atoms with Crippen LogP contribution in [0.3, 0.4) is 0 Å². The molecule has 1 amide bonds. The van der Waals surface area contributed by atoms with E-state index in [1.165, 1.54) is 77.6 Å². The Kier molecular flexibility index (Phi) is 28.5. The number of likely N-dealkylation sites (N-methyl/N-ethyl adjacent to an activating group) is 1. The van der Waals surface area contributed by atoms with Gasteiger partial charge in [-0.2, -0.15) is 5.26 Å². The zero-order chi connectivity index (χ0) is 29.7. The van der Waals surface area contributed by atoms with Crippen LogP contribution < -0.4 is 5.32 Å². The molecule has 0 aromatic heterocycles. The predicted octanol–water partition coefficient (Wildman–Crippen LogP) is 5.37. The van der Waals surface area contributed by atoms with Crippen molar-refractivity contribution in [2.24, 2.45) is 0 Å². The molecule has 0 aliphatic heterocycles. The first-order valence-electron chi connectivity index (χ1n) is 15.0. The van der Waals surface area contributed by atoms with Crippen LogP contribution >= 0.6 is 0 Å². The van der Waals surface area contributed by atoms with Crippen molar-refractivity contribution in [3.8, 4) is 6.07 Å². The van der Waals surface area contributed by atoms with Crippen LogP contribution in [-0.2, 0) is 19.4 Å². The number of nitrogens with zero attached hydrogens (tertiary/aromatic N) is 2. The van der Waals surface area contributed by atoms with E-state index in [-0.39, 0.29) is 19.1 Å². The number of allylic oxidation sites excluding steroid dienone is 2. The van der Waals surface area contributed by atoms with Crippen molar-refractivity contribution in [1.82, 2.24) is 5.32 Å². The van der Waals surface area contributed by atoms with Gasteiger partial charge >= 0.3 is 0 Å². The van der Waals surface area contributed by atoms with E-state index in [4.69, 9.17) is 5.26 Å². The molecule has 1 unspecified atom stereocenters. The zero-order valence-corrected chi connectivity index (χ0v) is 25.8. The van der Waals surface area contributed by atoms with Crippen molar-refractivity contribution >= 4 is 16.3 Å². The van der Waals surface area contributed by atoms with Gasteiger partial charge < -0.3 is 19.5 Å². The largest absolute Gasteiger partial charge is 0.726 e. The highest BCUT2D eigenvalue weighted by Gasteiger charge is 2.24. The summed E-state index contributed by atoms with van der Waals surface area (Å²) in [4.78, 5) is 12.1. The fourth-order valence-corrected chi connectivity index (χ4v) is 4.62. The molecule has 39 heavy (non-hydrogen) atoms. The molecule has 0 saturated carbocycles. The van der Waals surface area contributed by atoms with Gasteiger partial charge in [0.15, 0.2) is 0 Å². The zero-order valence-electron chi connectivity index (χ0n) is 25.0. The van der Waals surface area contributed by atoms with Gasteiger partial charge in [-0.15, -0.1) is 0 Å². The molecule has 0 aromatic carbocycles. The Morgan fingerprint density at radius 3 is 1.95 bits per heavy atom. The minimum Gasteiger partial charge on any atom is -0.726 e. The maximum atomic E-state index is 12.1. The molecule has 0 aliphatic carbocycles. The fraction of sp³-hybridized carbons (Fsp3) is 0.862. The molecule has 230 valence electrons. The Hall–Kier alpha value is -1.51. The third kappa shape index (κ3) is 29.3. The summed E-state index contributed by atoms with van der Waals surface area (Å²) in [6.45, 7) is 9.43. The van der Waals surface area contributed by atoms with Crippen LogP contribution in [0.1, 0.15) is 117 Å². The van der Waals surface area contributed by atoms with Crippen molar-refractivity contribution in [2.45, 2.75) is 117 Å².